The normalized spacial score (nSPS) is 11.5. The average molecular weight is 662 g/mol. The van der Waals surface area contributed by atoms with Gasteiger partial charge in [-0.2, -0.15) is 0 Å². The highest BCUT2D eigenvalue weighted by molar-refractivity contribution is 6.09. The summed E-state index contributed by atoms with van der Waals surface area (Å²) in [6.07, 6.45) is 1.97. The molecule has 0 fully saturated rings. The molecule has 0 radical (unpaired) electrons. The molecule has 0 amide bonds. The minimum atomic E-state index is 0.713. The van der Waals surface area contributed by atoms with Gasteiger partial charge in [0, 0.05) is 33.5 Å². The van der Waals surface area contributed by atoms with Crippen molar-refractivity contribution in [2.75, 3.05) is 0 Å². The number of hydrogen-bond acceptors (Lipinski definition) is 3. The molecule has 8 aromatic carbocycles. The second-order valence-electron chi connectivity index (χ2n) is 13.2. The zero-order valence-corrected chi connectivity index (χ0v) is 28.2. The lowest BCUT2D eigenvalue weighted by Crippen LogP contribution is -1.95. The summed E-state index contributed by atoms with van der Waals surface area (Å²) in [4.78, 5) is 15.0. The zero-order chi connectivity index (χ0) is 34.4. The third-order valence-corrected chi connectivity index (χ3v) is 10.1. The molecule has 52 heavy (non-hydrogen) atoms. The molecular weight excluding hydrogens is 631 g/mol. The van der Waals surface area contributed by atoms with Gasteiger partial charge < -0.3 is 0 Å². The summed E-state index contributed by atoms with van der Waals surface area (Å²) in [7, 11) is 0. The Bertz CT molecular complexity index is 2930. The Morgan fingerprint density at radius 1 is 0.308 bits per heavy atom. The van der Waals surface area contributed by atoms with Gasteiger partial charge in [-0.25, -0.2) is 9.97 Å². The van der Waals surface area contributed by atoms with Crippen LogP contribution in [0.25, 0.3) is 99.4 Å². The molecule has 2 heterocycles. The van der Waals surface area contributed by atoms with Crippen molar-refractivity contribution in [3.05, 3.63) is 188 Å². The van der Waals surface area contributed by atoms with Gasteiger partial charge in [0.05, 0.1) is 16.7 Å². The minimum absolute atomic E-state index is 0.713. The monoisotopic (exact) mass is 661 g/mol. The fraction of sp³-hybridized carbons (Fsp3) is 0. The second kappa shape index (κ2) is 12.4. The summed E-state index contributed by atoms with van der Waals surface area (Å²) in [5.41, 5.74) is 12.0. The predicted molar refractivity (Wildman–Crippen MR) is 217 cm³/mol. The molecule has 3 nitrogen and oxygen atoms in total. The standard InChI is InChI=1S/C49H31N3/c1-2-10-32(11-3-1)33-18-22-35(23-19-33)48-45-16-8-9-17-46(45)51-49(52-48)36-24-20-34(21-25-36)40-28-29-41(43-15-7-6-14-42(40)43)37-26-27-44-39-13-5-4-12-38(39)31-50-47(44)30-37/h1-31H. The quantitative estimate of drug-likeness (QED) is 0.172. The molecule has 10 aromatic rings. The smallest absolute Gasteiger partial charge is 0.160 e. The van der Waals surface area contributed by atoms with Crippen LogP contribution in [0.15, 0.2) is 188 Å². The van der Waals surface area contributed by atoms with E-state index in [4.69, 9.17) is 15.0 Å². The third-order valence-electron chi connectivity index (χ3n) is 10.1. The van der Waals surface area contributed by atoms with E-state index >= 15 is 0 Å². The highest BCUT2D eigenvalue weighted by Gasteiger charge is 2.14. The molecule has 2 aromatic heterocycles. The maximum atomic E-state index is 5.16. The van der Waals surface area contributed by atoms with Crippen LogP contribution < -0.4 is 0 Å². The van der Waals surface area contributed by atoms with Crippen LogP contribution in [-0.4, -0.2) is 15.0 Å². The van der Waals surface area contributed by atoms with Gasteiger partial charge >= 0.3 is 0 Å². The summed E-state index contributed by atoms with van der Waals surface area (Å²) >= 11 is 0. The van der Waals surface area contributed by atoms with E-state index in [0.29, 0.717) is 5.82 Å². The van der Waals surface area contributed by atoms with Crippen molar-refractivity contribution in [2.45, 2.75) is 0 Å². The van der Waals surface area contributed by atoms with E-state index in [1.54, 1.807) is 0 Å². The molecule has 0 unspecified atom stereocenters. The van der Waals surface area contributed by atoms with Crippen molar-refractivity contribution in [3.8, 4) is 56.0 Å². The molecule has 0 saturated carbocycles. The first kappa shape index (κ1) is 29.9. The third kappa shape index (κ3) is 5.19. The first-order chi connectivity index (χ1) is 25.8. The number of benzene rings is 8. The Kier molecular flexibility index (Phi) is 7.14. The highest BCUT2D eigenvalue weighted by atomic mass is 14.9. The molecular formula is C49H31N3. The van der Waals surface area contributed by atoms with Gasteiger partial charge in [0.2, 0.25) is 0 Å². The van der Waals surface area contributed by atoms with Crippen LogP contribution in [0.3, 0.4) is 0 Å². The van der Waals surface area contributed by atoms with Crippen LogP contribution in [0.1, 0.15) is 0 Å². The number of pyridine rings is 1. The first-order valence-electron chi connectivity index (χ1n) is 17.6. The maximum absolute atomic E-state index is 5.16. The van der Waals surface area contributed by atoms with Crippen molar-refractivity contribution in [1.29, 1.82) is 0 Å². The number of rotatable bonds is 5. The molecule has 10 rings (SSSR count). The van der Waals surface area contributed by atoms with Gasteiger partial charge in [-0.3, -0.25) is 4.98 Å². The Hall–Kier alpha value is -6.97. The topological polar surface area (TPSA) is 38.7 Å². The number of aromatic nitrogens is 3. The molecule has 0 N–H and O–H groups in total. The van der Waals surface area contributed by atoms with Crippen molar-refractivity contribution in [1.82, 2.24) is 15.0 Å². The Labute approximate surface area is 301 Å². The molecule has 0 bridgehead atoms. The van der Waals surface area contributed by atoms with Crippen LogP contribution in [0.4, 0.5) is 0 Å². The lowest BCUT2D eigenvalue weighted by atomic mass is 9.91. The lowest BCUT2D eigenvalue weighted by Gasteiger charge is -2.14. The van der Waals surface area contributed by atoms with Gasteiger partial charge in [-0.15, -0.1) is 0 Å². The average Bonchev–Trinajstić information content (AvgIpc) is 3.23. The highest BCUT2D eigenvalue weighted by Crippen LogP contribution is 2.38. The molecule has 3 heteroatoms. The predicted octanol–water partition coefficient (Wildman–Crippen LogP) is 12.8. The van der Waals surface area contributed by atoms with Crippen molar-refractivity contribution < 1.29 is 0 Å². The molecule has 0 aliphatic heterocycles. The van der Waals surface area contributed by atoms with E-state index < -0.39 is 0 Å². The van der Waals surface area contributed by atoms with E-state index in [9.17, 15) is 0 Å². The summed E-state index contributed by atoms with van der Waals surface area (Å²) in [5.74, 6) is 0.713. The number of nitrogens with zero attached hydrogens (tertiary/aromatic N) is 3. The summed E-state index contributed by atoms with van der Waals surface area (Å²) in [6.45, 7) is 0. The SMILES string of the molecule is c1ccc(-c2ccc(-c3nc(-c4ccc(-c5ccc(-c6ccc7c(c6)ncc6ccccc67)c6ccccc56)cc4)nc4ccccc34)cc2)cc1. The summed E-state index contributed by atoms with van der Waals surface area (Å²) in [6, 6.07) is 64.3. The van der Waals surface area contributed by atoms with Crippen molar-refractivity contribution in [2.24, 2.45) is 0 Å². The fourth-order valence-electron chi connectivity index (χ4n) is 7.51. The largest absolute Gasteiger partial charge is 0.256 e. The van der Waals surface area contributed by atoms with Gasteiger partial charge in [0.15, 0.2) is 5.82 Å². The molecule has 242 valence electrons. The number of para-hydroxylation sites is 1. The van der Waals surface area contributed by atoms with E-state index in [2.05, 4.69) is 170 Å². The van der Waals surface area contributed by atoms with E-state index in [-0.39, 0.29) is 0 Å². The van der Waals surface area contributed by atoms with Gasteiger partial charge in [0.25, 0.3) is 0 Å². The Morgan fingerprint density at radius 2 is 0.865 bits per heavy atom. The first-order valence-corrected chi connectivity index (χ1v) is 17.6. The summed E-state index contributed by atoms with van der Waals surface area (Å²) in [5, 5.41) is 7.02. The molecule has 0 aliphatic carbocycles. The van der Waals surface area contributed by atoms with Gasteiger partial charge in [-0.05, 0) is 61.7 Å². The second-order valence-corrected chi connectivity index (χ2v) is 13.2. The number of fused-ring (bicyclic) bond motifs is 5. The lowest BCUT2D eigenvalue weighted by molar-refractivity contribution is 1.23. The Balaban J connectivity index is 1.01. The molecule has 0 spiro atoms. The van der Waals surface area contributed by atoms with E-state index in [1.807, 2.05) is 18.3 Å². The van der Waals surface area contributed by atoms with E-state index in [0.717, 1.165) is 49.8 Å². The van der Waals surface area contributed by atoms with Crippen molar-refractivity contribution >= 4 is 43.4 Å². The van der Waals surface area contributed by atoms with Crippen LogP contribution in [0.2, 0.25) is 0 Å². The van der Waals surface area contributed by atoms with Crippen LogP contribution in [0, 0.1) is 0 Å². The van der Waals surface area contributed by atoms with Gasteiger partial charge in [0.1, 0.15) is 0 Å². The minimum Gasteiger partial charge on any atom is -0.256 e. The van der Waals surface area contributed by atoms with Gasteiger partial charge in [-0.1, -0.05) is 170 Å². The van der Waals surface area contributed by atoms with Crippen LogP contribution in [-0.2, 0) is 0 Å². The fourth-order valence-corrected chi connectivity index (χ4v) is 7.51. The summed E-state index contributed by atoms with van der Waals surface area (Å²) < 4.78 is 0. The molecule has 0 aliphatic rings. The number of hydrogen-bond donors (Lipinski definition) is 0. The van der Waals surface area contributed by atoms with Crippen molar-refractivity contribution in [3.63, 3.8) is 0 Å². The van der Waals surface area contributed by atoms with Crippen LogP contribution in [0.5, 0.6) is 0 Å². The Morgan fingerprint density at radius 3 is 1.63 bits per heavy atom. The maximum Gasteiger partial charge on any atom is 0.160 e. The molecule has 0 atom stereocenters. The zero-order valence-electron chi connectivity index (χ0n) is 28.2. The van der Waals surface area contributed by atoms with E-state index in [1.165, 1.54) is 43.8 Å². The molecule has 0 saturated heterocycles. The van der Waals surface area contributed by atoms with Crippen LogP contribution >= 0.6 is 0 Å².